The zero-order valence-electron chi connectivity index (χ0n) is 11.3. The molecule has 1 aromatic carbocycles. The molecule has 0 saturated heterocycles. The summed E-state index contributed by atoms with van der Waals surface area (Å²) in [5.41, 5.74) is 1.03. The lowest BCUT2D eigenvalue weighted by molar-refractivity contribution is 0.314. The molecule has 1 atom stereocenters. The zero-order chi connectivity index (χ0) is 16.6. The van der Waals surface area contributed by atoms with Crippen LogP contribution in [0.25, 0.3) is 0 Å². The minimum Gasteiger partial charge on any atom is -0.492 e. The van der Waals surface area contributed by atoms with Crippen LogP contribution in [0.1, 0.15) is 5.56 Å². The Bertz CT molecular complexity index is 753. The lowest BCUT2D eigenvalue weighted by atomic mass is 10.2. The van der Waals surface area contributed by atoms with Gasteiger partial charge in [-0.3, -0.25) is 0 Å². The summed E-state index contributed by atoms with van der Waals surface area (Å²) in [6, 6.07) is 7.04. The van der Waals surface area contributed by atoms with Crippen LogP contribution in [0.3, 0.4) is 0 Å². The Kier molecular flexibility index (Phi) is 5.09. The molecule has 1 aliphatic heterocycles. The Morgan fingerprint density at radius 2 is 1.68 bits per heavy atom. The van der Waals surface area contributed by atoms with E-state index in [-0.39, 0.29) is 6.61 Å². The SMILES string of the molecule is Cc1ccc(OCC2SC=CC2(S(=O)(=O)Cl)S(=O)(=O)Cl)cc1. The van der Waals surface area contributed by atoms with Crippen LogP contribution in [0.5, 0.6) is 5.75 Å². The number of thioether (sulfide) groups is 1. The van der Waals surface area contributed by atoms with Crippen molar-refractivity contribution in [2.24, 2.45) is 0 Å². The normalized spacial score (nSPS) is 21.0. The number of aryl methyl sites for hydroxylation is 1. The Labute approximate surface area is 142 Å². The average Bonchev–Trinajstić information content (AvgIpc) is 2.82. The lowest BCUT2D eigenvalue weighted by Crippen LogP contribution is -2.49. The maximum atomic E-state index is 11.9. The monoisotopic (exact) mass is 402 g/mol. The summed E-state index contributed by atoms with van der Waals surface area (Å²) in [4.78, 5) is 0. The molecule has 10 heteroatoms. The number of ether oxygens (including phenoxy) is 1. The fourth-order valence-electron chi connectivity index (χ4n) is 1.99. The van der Waals surface area contributed by atoms with Crippen molar-refractivity contribution in [3.63, 3.8) is 0 Å². The first-order valence-electron chi connectivity index (χ1n) is 5.99. The summed E-state index contributed by atoms with van der Waals surface area (Å²) in [6.07, 6.45) is 0.992. The first-order chi connectivity index (χ1) is 10.1. The van der Waals surface area contributed by atoms with E-state index in [0.717, 1.165) is 23.4 Å². The molecule has 0 spiro atoms. The van der Waals surface area contributed by atoms with Gasteiger partial charge in [0, 0.05) is 21.4 Å². The molecule has 0 aliphatic carbocycles. The average molecular weight is 403 g/mol. The topological polar surface area (TPSA) is 77.5 Å². The molecule has 1 aromatic rings. The minimum absolute atomic E-state index is 0.182. The minimum atomic E-state index is -4.52. The molecular formula is C12H12Cl2O5S3. The predicted molar refractivity (Wildman–Crippen MR) is 89.5 cm³/mol. The van der Waals surface area contributed by atoms with Gasteiger partial charge in [0.1, 0.15) is 12.4 Å². The molecule has 2 rings (SSSR count). The molecule has 0 aromatic heterocycles. The van der Waals surface area contributed by atoms with Crippen LogP contribution in [-0.4, -0.2) is 32.8 Å². The van der Waals surface area contributed by atoms with Crippen molar-refractivity contribution in [1.82, 2.24) is 0 Å². The van der Waals surface area contributed by atoms with Gasteiger partial charge in [-0.2, -0.15) is 0 Å². The number of hydrogen-bond donors (Lipinski definition) is 0. The Hall–Kier alpha value is -0.410. The highest BCUT2D eigenvalue weighted by Gasteiger charge is 2.60. The number of hydrogen-bond acceptors (Lipinski definition) is 6. The molecule has 22 heavy (non-hydrogen) atoms. The zero-order valence-corrected chi connectivity index (χ0v) is 15.2. The molecule has 5 nitrogen and oxygen atoms in total. The quantitative estimate of drug-likeness (QED) is 0.704. The van der Waals surface area contributed by atoms with Crippen LogP contribution in [0.4, 0.5) is 0 Å². The first kappa shape index (κ1) is 17.9. The molecule has 0 radical (unpaired) electrons. The Morgan fingerprint density at radius 3 is 2.18 bits per heavy atom. The summed E-state index contributed by atoms with van der Waals surface area (Å²) in [5.74, 6) is 0.492. The van der Waals surface area contributed by atoms with Crippen molar-refractivity contribution in [1.29, 1.82) is 0 Å². The molecule has 0 amide bonds. The molecule has 0 bridgehead atoms. The summed E-state index contributed by atoms with van der Waals surface area (Å²) in [6.45, 7) is 1.73. The van der Waals surface area contributed by atoms with Gasteiger partial charge in [0.05, 0.1) is 5.25 Å². The van der Waals surface area contributed by atoms with Crippen molar-refractivity contribution in [3.8, 4) is 5.75 Å². The molecule has 0 saturated carbocycles. The second-order valence-electron chi connectivity index (χ2n) is 4.65. The van der Waals surface area contributed by atoms with Gasteiger partial charge in [0.15, 0.2) is 0 Å². The second kappa shape index (κ2) is 6.24. The van der Waals surface area contributed by atoms with Crippen molar-refractivity contribution in [3.05, 3.63) is 41.3 Å². The number of benzene rings is 1. The van der Waals surface area contributed by atoms with Crippen molar-refractivity contribution in [2.45, 2.75) is 16.3 Å². The molecule has 0 fully saturated rings. The fraction of sp³-hybridized carbons (Fsp3) is 0.333. The van der Waals surface area contributed by atoms with E-state index in [1.165, 1.54) is 5.41 Å². The highest BCUT2D eigenvalue weighted by Crippen LogP contribution is 2.46. The van der Waals surface area contributed by atoms with E-state index in [1.54, 1.807) is 12.1 Å². The molecule has 0 N–H and O–H groups in total. The van der Waals surface area contributed by atoms with Gasteiger partial charge >= 0.3 is 0 Å². The largest absolute Gasteiger partial charge is 0.492 e. The van der Waals surface area contributed by atoms with Gasteiger partial charge < -0.3 is 4.74 Å². The smallest absolute Gasteiger partial charge is 0.259 e. The van der Waals surface area contributed by atoms with Gasteiger partial charge in [0.2, 0.25) is 4.08 Å². The predicted octanol–water partition coefficient (Wildman–Crippen LogP) is 2.84. The van der Waals surface area contributed by atoms with Crippen LogP contribution in [0.2, 0.25) is 0 Å². The molecule has 1 aliphatic rings. The molecular weight excluding hydrogens is 391 g/mol. The highest BCUT2D eigenvalue weighted by molar-refractivity contribution is 8.31. The van der Waals surface area contributed by atoms with E-state index in [1.807, 2.05) is 19.1 Å². The molecule has 1 heterocycles. The summed E-state index contributed by atoms with van der Waals surface area (Å²) in [5, 5.41) is 0.349. The van der Waals surface area contributed by atoms with Crippen LogP contribution in [-0.2, 0) is 18.1 Å². The Morgan fingerprint density at radius 1 is 1.14 bits per heavy atom. The van der Waals surface area contributed by atoms with Crippen LogP contribution in [0, 0.1) is 6.92 Å². The molecule has 122 valence electrons. The first-order valence-corrected chi connectivity index (χ1v) is 11.5. The fourth-order valence-corrected chi connectivity index (χ4v) is 9.38. The van der Waals surface area contributed by atoms with E-state index in [4.69, 9.17) is 26.1 Å². The van der Waals surface area contributed by atoms with E-state index in [0.29, 0.717) is 5.75 Å². The van der Waals surface area contributed by atoms with Gasteiger partial charge in [-0.15, -0.1) is 11.8 Å². The lowest BCUT2D eigenvalue weighted by Gasteiger charge is -2.27. The Balaban J connectivity index is 2.29. The van der Waals surface area contributed by atoms with Gasteiger partial charge in [0.25, 0.3) is 18.1 Å². The van der Waals surface area contributed by atoms with E-state index in [2.05, 4.69) is 0 Å². The maximum absolute atomic E-state index is 11.9. The van der Waals surface area contributed by atoms with Crippen molar-refractivity contribution < 1.29 is 21.6 Å². The van der Waals surface area contributed by atoms with Gasteiger partial charge in [-0.25, -0.2) is 16.8 Å². The summed E-state index contributed by atoms with van der Waals surface area (Å²) in [7, 11) is 1.70. The highest BCUT2D eigenvalue weighted by atomic mass is 35.7. The third kappa shape index (κ3) is 3.26. The summed E-state index contributed by atoms with van der Waals surface area (Å²) >= 11 is 0.993. The third-order valence-corrected chi connectivity index (χ3v) is 10.4. The van der Waals surface area contributed by atoms with E-state index >= 15 is 0 Å². The van der Waals surface area contributed by atoms with Crippen molar-refractivity contribution >= 4 is 51.2 Å². The van der Waals surface area contributed by atoms with Crippen molar-refractivity contribution in [2.75, 3.05) is 6.61 Å². The standard InChI is InChI=1S/C12H12Cl2O5S3/c1-9-2-4-10(5-3-9)19-8-11-12(6-7-20-11,21(13,15)16)22(14,17)18/h2-7,11H,8H2,1H3. The van der Waals surface area contributed by atoms with Crippen LogP contribution < -0.4 is 4.74 Å². The van der Waals surface area contributed by atoms with E-state index in [9.17, 15) is 16.8 Å². The van der Waals surface area contributed by atoms with Crippen LogP contribution in [0.15, 0.2) is 35.7 Å². The van der Waals surface area contributed by atoms with Crippen LogP contribution >= 0.6 is 33.1 Å². The number of halogens is 2. The number of rotatable bonds is 5. The summed E-state index contributed by atoms with van der Waals surface area (Å²) < 4.78 is 50.5. The van der Waals surface area contributed by atoms with E-state index < -0.39 is 27.4 Å². The second-order valence-corrected chi connectivity index (χ2v) is 11.6. The molecule has 1 unspecified atom stereocenters. The maximum Gasteiger partial charge on any atom is 0.259 e. The third-order valence-electron chi connectivity index (χ3n) is 3.18. The van der Waals surface area contributed by atoms with Gasteiger partial charge in [-0.05, 0) is 30.5 Å². The van der Waals surface area contributed by atoms with Gasteiger partial charge in [-0.1, -0.05) is 17.7 Å².